The lowest BCUT2D eigenvalue weighted by molar-refractivity contribution is 0.433. The van der Waals surface area contributed by atoms with Crippen LogP contribution in [0.1, 0.15) is 0 Å². The Morgan fingerprint density at radius 2 is 1.31 bits per heavy atom. The van der Waals surface area contributed by atoms with Crippen molar-refractivity contribution in [2.45, 2.75) is 9.79 Å². The molecule has 3 rings (SSSR count). The molecule has 142 valence electrons. The maximum atomic E-state index is 11.2. The fourth-order valence-corrected chi connectivity index (χ4v) is 3.54. The maximum Gasteiger partial charge on any atom is 0.141 e. The number of phenolic OH excluding ortho intramolecular Hbond substituents is 2. The second kappa shape index (κ2) is 6.68. The van der Waals surface area contributed by atoms with Crippen LogP contribution in [-0.2, 0) is 20.2 Å². The second-order valence-electron chi connectivity index (χ2n) is 5.06. The minimum Gasteiger partial charge on any atom is -0.744 e. The molecule has 3 aromatic rings. The van der Waals surface area contributed by atoms with Crippen LogP contribution < -0.4 is 12.3 Å². The monoisotopic (exact) mass is 404 g/mol. The fraction of sp³-hybridized carbons (Fsp3) is 0. The summed E-state index contributed by atoms with van der Waals surface area (Å²) in [5, 5.41) is 20.5. The summed E-state index contributed by atoms with van der Waals surface area (Å²) in [5.74, 6) is -1.41. The molecule has 0 atom stereocenters. The molecule has 0 aliphatic heterocycles. The summed E-state index contributed by atoms with van der Waals surface area (Å²) in [6, 6.07) is 6.65. The first-order valence-corrected chi connectivity index (χ1v) is 9.14. The molecule has 0 heterocycles. The van der Waals surface area contributed by atoms with Crippen LogP contribution in [0.4, 0.5) is 0 Å². The van der Waals surface area contributed by atoms with Gasteiger partial charge in [0.2, 0.25) is 0 Å². The van der Waals surface area contributed by atoms with E-state index < -0.39 is 41.5 Å². The van der Waals surface area contributed by atoms with Crippen LogP contribution in [0.2, 0.25) is 0 Å². The van der Waals surface area contributed by atoms with E-state index in [0.29, 0.717) is 11.5 Å². The Morgan fingerprint density at radius 1 is 0.731 bits per heavy atom. The number of hydrogen-bond donors (Lipinski definition) is 4. The van der Waals surface area contributed by atoms with Crippen molar-refractivity contribution in [1.29, 1.82) is 0 Å². The summed E-state index contributed by atoms with van der Waals surface area (Å²) < 4.78 is 66.7. The predicted molar refractivity (Wildman–Crippen MR) is 92.7 cm³/mol. The van der Waals surface area contributed by atoms with Gasteiger partial charge in [-0.25, -0.2) is 16.8 Å². The molecular weight excluding hydrogens is 388 g/mol. The van der Waals surface area contributed by atoms with Gasteiger partial charge in [0.25, 0.3) is 0 Å². The van der Waals surface area contributed by atoms with Crippen LogP contribution in [0.3, 0.4) is 0 Å². The summed E-state index contributed by atoms with van der Waals surface area (Å²) in [6.07, 6.45) is 0. The third kappa shape index (κ3) is 3.55. The molecule has 0 radical (unpaired) electrons. The molecule has 26 heavy (non-hydrogen) atoms. The van der Waals surface area contributed by atoms with E-state index in [2.05, 4.69) is 0 Å². The van der Waals surface area contributed by atoms with E-state index >= 15 is 0 Å². The van der Waals surface area contributed by atoms with E-state index in [-0.39, 0.29) is 28.5 Å². The van der Waals surface area contributed by atoms with Crippen LogP contribution in [0, 0.1) is 0 Å². The SMILES string of the molecule is O=S(=O)([O-])c1ccc2cc3c(O)cc(S(=O)(=O)[O-])c(O)c3cc2c1.[NH4+].[NH4+]. The van der Waals surface area contributed by atoms with Crippen molar-refractivity contribution in [3.05, 3.63) is 36.4 Å². The van der Waals surface area contributed by atoms with Crippen LogP contribution in [0.25, 0.3) is 21.5 Å². The third-order valence-electron chi connectivity index (χ3n) is 3.54. The van der Waals surface area contributed by atoms with Crippen molar-refractivity contribution in [2.75, 3.05) is 0 Å². The van der Waals surface area contributed by atoms with E-state index in [1.54, 1.807) is 0 Å². The highest BCUT2D eigenvalue weighted by atomic mass is 32.2. The van der Waals surface area contributed by atoms with Gasteiger partial charge in [0.1, 0.15) is 36.6 Å². The van der Waals surface area contributed by atoms with Crippen LogP contribution >= 0.6 is 0 Å². The summed E-state index contributed by atoms with van der Waals surface area (Å²) in [7, 11) is -9.74. The van der Waals surface area contributed by atoms with Crippen molar-refractivity contribution >= 4 is 41.8 Å². The van der Waals surface area contributed by atoms with Crippen molar-refractivity contribution in [3.8, 4) is 11.5 Å². The molecule has 0 amide bonds. The number of rotatable bonds is 2. The van der Waals surface area contributed by atoms with Gasteiger partial charge >= 0.3 is 0 Å². The van der Waals surface area contributed by atoms with Gasteiger partial charge in [-0.15, -0.1) is 0 Å². The van der Waals surface area contributed by atoms with Crippen molar-refractivity contribution in [1.82, 2.24) is 12.3 Å². The summed E-state index contributed by atoms with van der Waals surface area (Å²) in [4.78, 5) is -1.51. The molecule has 12 heteroatoms. The molecular formula is C14H16N2O8S2. The lowest BCUT2D eigenvalue weighted by Gasteiger charge is -2.14. The molecule has 0 saturated carbocycles. The molecule has 0 aliphatic rings. The Hall–Kier alpha value is -2.48. The molecule has 10 N–H and O–H groups in total. The summed E-state index contributed by atoms with van der Waals surface area (Å²) >= 11 is 0. The normalized spacial score (nSPS) is 11.8. The van der Waals surface area contributed by atoms with Crippen molar-refractivity contribution in [3.63, 3.8) is 0 Å². The third-order valence-corrected chi connectivity index (χ3v) is 5.22. The quantitative estimate of drug-likeness (QED) is 0.279. The predicted octanol–water partition coefficient (Wildman–Crippen LogP) is 1.96. The number of hydrogen-bond acceptors (Lipinski definition) is 8. The highest BCUT2D eigenvalue weighted by Gasteiger charge is 2.16. The highest BCUT2D eigenvalue weighted by Crippen LogP contribution is 2.40. The van der Waals surface area contributed by atoms with E-state index in [1.807, 2.05) is 0 Å². The molecule has 10 nitrogen and oxygen atoms in total. The summed E-state index contributed by atoms with van der Waals surface area (Å²) in [5.41, 5.74) is 0. The molecule has 0 saturated heterocycles. The van der Waals surface area contributed by atoms with Gasteiger partial charge in [0.15, 0.2) is 0 Å². The first kappa shape index (κ1) is 21.6. The summed E-state index contributed by atoms with van der Waals surface area (Å²) in [6.45, 7) is 0. The van der Waals surface area contributed by atoms with Crippen molar-refractivity contribution in [2.24, 2.45) is 0 Å². The van der Waals surface area contributed by atoms with E-state index in [0.717, 1.165) is 12.1 Å². The van der Waals surface area contributed by atoms with Gasteiger partial charge in [-0.05, 0) is 35.0 Å². The van der Waals surface area contributed by atoms with E-state index in [4.69, 9.17) is 0 Å². The molecule has 0 aromatic heterocycles. The Bertz CT molecular complexity index is 1220. The Morgan fingerprint density at radius 3 is 1.85 bits per heavy atom. The van der Waals surface area contributed by atoms with Gasteiger partial charge < -0.3 is 31.6 Å². The Kier molecular flexibility index (Phi) is 5.54. The lowest BCUT2D eigenvalue weighted by Crippen LogP contribution is -2.00. The Balaban J connectivity index is 0.00000169. The zero-order chi connectivity index (χ0) is 17.9. The molecule has 0 spiro atoms. The molecule has 0 unspecified atom stereocenters. The molecule has 0 bridgehead atoms. The minimum atomic E-state index is -5.04. The molecule has 0 fully saturated rings. The first-order chi connectivity index (χ1) is 11.0. The average Bonchev–Trinajstić information content (AvgIpc) is 2.46. The van der Waals surface area contributed by atoms with E-state index in [9.17, 15) is 36.2 Å². The lowest BCUT2D eigenvalue weighted by atomic mass is 10.0. The second-order valence-corrected chi connectivity index (χ2v) is 7.79. The molecule has 0 aliphatic carbocycles. The number of benzene rings is 3. The number of fused-ring (bicyclic) bond motifs is 2. The standard InChI is InChI=1S/C14H10O8S2.2H3N/c15-12-6-13(24(20,21)22)14(16)11-5-8-3-9(23(17,18)19)2-1-7(8)4-10(11)12;;/h1-6,15-16H,(H,17,18,19)(H,20,21,22);2*1H3. The number of aromatic hydroxyl groups is 2. The largest absolute Gasteiger partial charge is 0.744 e. The van der Waals surface area contributed by atoms with Gasteiger partial charge in [-0.2, -0.15) is 0 Å². The van der Waals surface area contributed by atoms with Gasteiger partial charge in [0, 0.05) is 16.8 Å². The van der Waals surface area contributed by atoms with Crippen LogP contribution in [-0.4, -0.2) is 36.2 Å². The zero-order valence-corrected chi connectivity index (χ0v) is 15.3. The minimum absolute atomic E-state index is 0. The highest BCUT2D eigenvalue weighted by molar-refractivity contribution is 7.86. The first-order valence-electron chi connectivity index (χ1n) is 6.33. The maximum absolute atomic E-state index is 11.2. The Labute approximate surface area is 148 Å². The van der Waals surface area contributed by atoms with Gasteiger partial charge in [-0.3, -0.25) is 0 Å². The smallest absolute Gasteiger partial charge is 0.141 e. The van der Waals surface area contributed by atoms with Crippen molar-refractivity contribution < 1.29 is 36.2 Å². The number of quaternary nitrogens is 2. The topological polar surface area (TPSA) is 228 Å². The van der Waals surface area contributed by atoms with Gasteiger partial charge in [0.05, 0.1) is 4.90 Å². The van der Waals surface area contributed by atoms with Gasteiger partial charge in [-0.1, -0.05) is 6.07 Å². The molecule has 3 aromatic carbocycles. The zero-order valence-electron chi connectivity index (χ0n) is 13.6. The van der Waals surface area contributed by atoms with Crippen LogP contribution in [0.5, 0.6) is 11.5 Å². The average molecular weight is 404 g/mol. The fourth-order valence-electron chi connectivity index (χ4n) is 2.43. The number of phenols is 2. The van der Waals surface area contributed by atoms with E-state index in [1.165, 1.54) is 18.2 Å². The van der Waals surface area contributed by atoms with Crippen LogP contribution in [0.15, 0.2) is 46.2 Å².